The summed E-state index contributed by atoms with van der Waals surface area (Å²) >= 11 is 0. The van der Waals surface area contributed by atoms with Crippen LogP contribution in [0.4, 0.5) is 0 Å². The fraction of sp³-hybridized carbons (Fsp3) is 0.692. The molecule has 0 radical (unpaired) electrons. The smallest absolute Gasteiger partial charge is 0.191 e. The van der Waals surface area contributed by atoms with Crippen LogP contribution in [0.1, 0.15) is 12.5 Å². The quantitative estimate of drug-likeness (QED) is 0.440. The third kappa shape index (κ3) is 5.79. The third-order valence-corrected chi connectivity index (χ3v) is 3.20. The Morgan fingerprint density at radius 1 is 1.62 bits per heavy atom. The number of guanidine groups is 1. The van der Waals surface area contributed by atoms with E-state index in [1.807, 2.05) is 24.0 Å². The van der Waals surface area contributed by atoms with E-state index in [2.05, 4.69) is 15.0 Å². The Labute approximate surface area is 142 Å². The summed E-state index contributed by atoms with van der Waals surface area (Å²) < 4.78 is 12.3. The summed E-state index contributed by atoms with van der Waals surface area (Å²) in [5.74, 6) is 0.574. The Morgan fingerprint density at radius 2 is 2.43 bits per heavy atom. The molecule has 0 amide bonds. The summed E-state index contributed by atoms with van der Waals surface area (Å²) in [6.45, 7) is 6.28. The largest absolute Gasteiger partial charge is 0.383 e. The molecule has 120 valence electrons. The average molecular weight is 409 g/mol. The van der Waals surface area contributed by atoms with Crippen LogP contribution in [0.25, 0.3) is 0 Å². The molecule has 0 bridgehead atoms. The zero-order valence-electron chi connectivity index (χ0n) is 12.6. The molecule has 1 saturated heterocycles. The number of nitrogens with zero attached hydrogens (tertiary/aromatic N) is 4. The number of halogens is 1. The molecule has 1 aliphatic heterocycles. The van der Waals surface area contributed by atoms with Crippen molar-refractivity contribution in [2.45, 2.75) is 26.1 Å². The highest BCUT2D eigenvalue weighted by molar-refractivity contribution is 14.0. The number of aromatic nitrogens is 2. The van der Waals surface area contributed by atoms with Crippen LogP contribution >= 0.6 is 24.0 Å². The summed E-state index contributed by atoms with van der Waals surface area (Å²) in [5.41, 5.74) is 7.07. The minimum atomic E-state index is 0. The van der Waals surface area contributed by atoms with Gasteiger partial charge in [-0.05, 0) is 6.92 Å². The third-order valence-electron chi connectivity index (χ3n) is 3.20. The van der Waals surface area contributed by atoms with E-state index in [1.54, 1.807) is 7.11 Å². The Kier molecular flexibility index (Phi) is 7.97. The molecule has 2 rings (SSSR count). The maximum atomic E-state index is 6.02. The molecular weight excluding hydrogens is 385 g/mol. The van der Waals surface area contributed by atoms with E-state index >= 15 is 0 Å². The van der Waals surface area contributed by atoms with Gasteiger partial charge in [-0.2, -0.15) is 5.10 Å². The fourth-order valence-electron chi connectivity index (χ4n) is 2.09. The highest BCUT2D eigenvalue weighted by Gasteiger charge is 2.17. The van der Waals surface area contributed by atoms with Gasteiger partial charge in [-0.25, -0.2) is 4.99 Å². The van der Waals surface area contributed by atoms with Gasteiger partial charge < -0.3 is 20.1 Å². The highest BCUT2D eigenvalue weighted by Crippen LogP contribution is 2.05. The van der Waals surface area contributed by atoms with Gasteiger partial charge in [-0.1, -0.05) is 0 Å². The monoisotopic (exact) mass is 409 g/mol. The molecule has 1 fully saturated rings. The van der Waals surface area contributed by atoms with Crippen LogP contribution < -0.4 is 5.73 Å². The lowest BCUT2D eigenvalue weighted by atomic mass is 10.3. The maximum Gasteiger partial charge on any atom is 0.191 e. The van der Waals surface area contributed by atoms with E-state index in [0.717, 1.165) is 25.2 Å². The first-order valence-electron chi connectivity index (χ1n) is 6.86. The first-order valence-corrected chi connectivity index (χ1v) is 6.86. The predicted octanol–water partition coefficient (Wildman–Crippen LogP) is 0.683. The van der Waals surface area contributed by atoms with E-state index < -0.39 is 0 Å². The zero-order chi connectivity index (χ0) is 14.4. The van der Waals surface area contributed by atoms with Crippen molar-refractivity contribution >= 4 is 29.9 Å². The molecule has 2 N–H and O–H groups in total. The van der Waals surface area contributed by atoms with E-state index in [4.69, 9.17) is 15.2 Å². The summed E-state index contributed by atoms with van der Waals surface area (Å²) in [5, 5.41) is 4.25. The van der Waals surface area contributed by atoms with Crippen molar-refractivity contribution in [3.8, 4) is 0 Å². The number of hydrogen-bond acceptors (Lipinski definition) is 4. The molecule has 0 saturated carbocycles. The molecule has 0 aliphatic carbocycles. The average Bonchev–Trinajstić information content (AvgIpc) is 2.90. The Balaban J connectivity index is 0.00000220. The van der Waals surface area contributed by atoms with Crippen molar-refractivity contribution in [2.75, 3.05) is 33.4 Å². The first-order chi connectivity index (χ1) is 9.69. The van der Waals surface area contributed by atoms with Gasteiger partial charge in [0.25, 0.3) is 0 Å². The van der Waals surface area contributed by atoms with Crippen LogP contribution in [-0.2, 0) is 22.6 Å². The van der Waals surface area contributed by atoms with E-state index in [1.165, 1.54) is 0 Å². The molecule has 2 heterocycles. The number of morpholine rings is 1. The summed E-state index contributed by atoms with van der Waals surface area (Å²) in [6.07, 6.45) is 3.99. The Hall–Kier alpha value is -0.870. The fourth-order valence-corrected chi connectivity index (χ4v) is 2.09. The second-order valence-electron chi connectivity index (χ2n) is 4.91. The van der Waals surface area contributed by atoms with Gasteiger partial charge in [0.2, 0.25) is 0 Å². The lowest BCUT2D eigenvalue weighted by Gasteiger charge is -2.31. The summed E-state index contributed by atoms with van der Waals surface area (Å²) in [4.78, 5) is 6.49. The maximum absolute atomic E-state index is 6.02. The number of rotatable bonds is 5. The molecule has 1 unspecified atom stereocenters. The van der Waals surface area contributed by atoms with Crippen LogP contribution in [0, 0.1) is 0 Å². The zero-order valence-corrected chi connectivity index (χ0v) is 14.9. The molecule has 0 spiro atoms. The molecule has 1 aliphatic rings. The Morgan fingerprint density at radius 3 is 3.14 bits per heavy atom. The van der Waals surface area contributed by atoms with Crippen LogP contribution in [0.2, 0.25) is 0 Å². The van der Waals surface area contributed by atoms with E-state index in [-0.39, 0.29) is 30.1 Å². The minimum absolute atomic E-state index is 0. The van der Waals surface area contributed by atoms with E-state index in [9.17, 15) is 0 Å². The number of ether oxygens (including phenoxy) is 2. The van der Waals surface area contributed by atoms with Crippen LogP contribution in [0.5, 0.6) is 0 Å². The minimum Gasteiger partial charge on any atom is -0.383 e. The van der Waals surface area contributed by atoms with Crippen molar-refractivity contribution in [1.29, 1.82) is 0 Å². The molecule has 0 aromatic carbocycles. The Bertz CT molecular complexity index is 452. The molecular formula is C13H24IN5O2. The number of aliphatic imine (C=N–C) groups is 1. The van der Waals surface area contributed by atoms with Gasteiger partial charge in [0.05, 0.1) is 38.6 Å². The van der Waals surface area contributed by atoms with Crippen molar-refractivity contribution in [1.82, 2.24) is 14.7 Å². The number of nitrogens with two attached hydrogens (primary N) is 1. The van der Waals surface area contributed by atoms with Gasteiger partial charge in [0.1, 0.15) is 0 Å². The first kappa shape index (κ1) is 18.2. The topological polar surface area (TPSA) is 77.9 Å². The molecule has 1 aromatic rings. The summed E-state index contributed by atoms with van der Waals surface area (Å²) in [6, 6.07) is 0. The van der Waals surface area contributed by atoms with Crippen LogP contribution in [-0.4, -0.2) is 60.2 Å². The van der Waals surface area contributed by atoms with Crippen molar-refractivity contribution in [3.63, 3.8) is 0 Å². The standard InChI is InChI=1S/C13H23N5O2.HI/c1-11-9-17(3-6-20-11)13(14)15-7-12-8-16-18(10-12)4-5-19-2;/h8,10-11H,3-7,9H2,1-2H3,(H2,14,15);1H. The van der Waals surface area contributed by atoms with Crippen molar-refractivity contribution in [3.05, 3.63) is 18.0 Å². The lowest BCUT2D eigenvalue weighted by Crippen LogP contribution is -2.47. The molecule has 1 atom stereocenters. The van der Waals surface area contributed by atoms with Crippen LogP contribution in [0.3, 0.4) is 0 Å². The van der Waals surface area contributed by atoms with Crippen LogP contribution in [0.15, 0.2) is 17.4 Å². The second kappa shape index (κ2) is 9.21. The summed E-state index contributed by atoms with van der Waals surface area (Å²) in [7, 11) is 1.68. The molecule has 1 aromatic heterocycles. The van der Waals surface area contributed by atoms with Gasteiger partial charge >= 0.3 is 0 Å². The number of methoxy groups -OCH3 is 1. The SMILES string of the molecule is COCCn1cc(CN=C(N)N2CCOC(C)C2)cn1.I. The van der Waals surface area contributed by atoms with Gasteiger partial charge in [0, 0.05) is 32.0 Å². The number of hydrogen-bond donors (Lipinski definition) is 1. The van der Waals surface area contributed by atoms with Gasteiger partial charge in [-0.15, -0.1) is 24.0 Å². The second-order valence-corrected chi connectivity index (χ2v) is 4.91. The highest BCUT2D eigenvalue weighted by atomic mass is 127. The van der Waals surface area contributed by atoms with Crippen molar-refractivity contribution in [2.24, 2.45) is 10.7 Å². The normalized spacial score (nSPS) is 19.4. The molecule has 8 heteroatoms. The molecule has 7 nitrogen and oxygen atoms in total. The van der Waals surface area contributed by atoms with Crippen molar-refractivity contribution < 1.29 is 9.47 Å². The molecule has 21 heavy (non-hydrogen) atoms. The lowest BCUT2D eigenvalue weighted by molar-refractivity contribution is 0.00529. The predicted molar refractivity (Wildman–Crippen MR) is 91.8 cm³/mol. The van der Waals surface area contributed by atoms with Gasteiger partial charge in [0.15, 0.2) is 5.96 Å². The van der Waals surface area contributed by atoms with Gasteiger partial charge in [-0.3, -0.25) is 4.68 Å². The van der Waals surface area contributed by atoms with E-state index in [0.29, 0.717) is 25.7 Å².